The smallest absolute Gasteiger partial charge is 0.0644 e. The van der Waals surface area contributed by atoms with Gasteiger partial charge in [-0.3, -0.25) is 0 Å². The Morgan fingerprint density at radius 1 is 1.38 bits per heavy atom. The fourth-order valence-electron chi connectivity index (χ4n) is 2.41. The van der Waals surface area contributed by atoms with Gasteiger partial charge in [0.25, 0.3) is 0 Å². The quantitative estimate of drug-likeness (QED) is 0.708. The molecule has 1 heterocycles. The van der Waals surface area contributed by atoms with Gasteiger partial charge in [-0.2, -0.15) is 0 Å². The van der Waals surface area contributed by atoms with Gasteiger partial charge in [-0.1, -0.05) is 26.7 Å². The van der Waals surface area contributed by atoms with Crippen LogP contribution in [-0.2, 0) is 4.74 Å². The lowest BCUT2D eigenvalue weighted by Crippen LogP contribution is -2.31. The molecular formula is C11H23NO. The van der Waals surface area contributed by atoms with Crippen LogP contribution in [0.25, 0.3) is 0 Å². The van der Waals surface area contributed by atoms with Crippen molar-refractivity contribution in [2.75, 3.05) is 20.2 Å². The lowest BCUT2D eigenvalue weighted by Gasteiger charge is -2.25. The molecule has 0 aromatic heterocycles. The third kappa shape index (κ3) is 2.68. The highest BCUT2D eigenvalue weighted by atomic mass is 16.5. The third-order valence-corrected chi connectivity index (χ3v) is 3.24. The highest BCUT2D eigenvalue weighted by Crippen LogP contribution is 2.29. The molecule has 1 saturated heterocycles. The SMILES string of the molecule is CCC(CC)C1OCCC1CNC. The maximum absolute atomic E-state index is 5.82. The minimum absolute atomic E-state index is 0.516. The Morgan fingerprint density at radius 2 is 2.08 bits per heavy atom. The third-order valence-electron chi connectivity index (χ3n) is 3.24. The van der Waals surface area contributed by atoms with Crippen LogP contribution in [0.15, 0.2) is 0 Å². The van der Waals surface area contributed by atoms with E-state index in [1.807, 2.05) is 7.05 Å². The van der Waals surface area contributed by atoms with Crippen LogP contribution in [0, 0.1) is 11.8 Å². The summed E-state index contributed by atoms with van der Waals surface area (Å²) in [5, 5.41) is 3.26. The minimum Gasteiger partial charge on any atom is -0.378 e. The molecule has 1 aliphatic heterocycles. The first-order valence-electron chi connectivity index (χ1n) is 5.59. The van der Waals surface area contributed by atoms with Crippen LogP contribution in [-0.4, -0.2) is 26.3 Å². The fraction of sp³-hybridized carbons (Fsp3) is 1.00. The van der Waals surface area contributed by atoms with Crippen LogP contribution in [0.4, 0.5) is 0 Å². The molecule has 0 aromatic rings. The largest absolute Gasteiger partial charge is 0.378 e. The van der Waals surface area contributed by atoms with E-state index >= 15 is 0 Å². The summed E-state index contributed by atoms with van der Waals surface area (Å²) in [7, 11) is 2.03. The molecule has 1 fully saturated rings. The molecule has 2 unspecified atom stereocenters. The molecule has 1 rings (SSSR count). The van der Waals surface area contributed by atoms with E-state index in [1.165, 1.54) is 19.3 Å². The first-order chi connectivity index (χ1) is 6.33. The van der Waals surface area contributed by atoms with Gasteiger partial charge in [0.2, 0.25) is 0 Å². The van der Waals surface area contributed by atoms with Gasteiger partial charge in [0.05, 0.1) is 6.10 Å². The van der Waals surface area contributed by atoms with Crippen molar-refractivity contribution in [3.63, 3.8) is 0 Å². The summed E-state index contributed by atoms with van der Waals surface area (Å²) < 4.78 is 5.82. The van der Waals surface area contributed by atoms with Crippen molar-refractivity contribution >= 4 is 0 Å². The summed E-state index contributed by atoms with van der Waals surface area (Å²) >= 11 is 0. The van der Waals surface area contributed by atoms with Gasteiger partial charge in [0.15, 0.2) is 0 Å². The second-order valence-electron chi connectivity index (χ2n) is 4.02. The molecule has 0 amide bonds. The van der Waals surface area contributed by atoms with Crippen LogP contribution in [0.2, 0.25) is 0 Å². The highest BCUT2D eigenvalue weighted by Gasteiger charge is 2.32. The molecule has 13 heavy (non-hydrogen) atoms. The Morgan fingerprint density at radius 3 is 2.62 bits per heavy atom. The number of hydrogen-bond acceptors (Lipinski definition) is 2. The van der Waals surface area contributed by atoms with Gasteiger partial charge in [0, 0.05) is 13.2 Å². The van der Waals surface area contributed by atoms with Crippen LogP contribution in [0.1, 0.15) is 33.1 Å². The molecule has 0 radical (unpaired) electrons. The van der Waals surface area contributed by atoms with Crippen molar-refractivity contribution < 1.29 is 4.74 Å². The zero-order valence-electron chi connectivity index (χ0n) is 9.18. The standard InChI is InChI=1S/C11H23NO/c1-4-9(5-2)11-10(8-12-3)6-7-13-11/h9-12H,4-8H2,1-3H3. The van der Waals surface area contributed by atoms with Crippen molar-refractivity contribution in [3.05, 3.63) is 0 Å². The number of ether oxygens (including phenoxy) is 1. The minimum atomic E-state index is 0.516. The van der Waals surface area contributed by atoms with Crippen LogP contribution < -0.4 is 5.32 Å². The molecule has 0 aliphatic carbocycles. The number of hydrogen-bond donors (Lipinski definition) is 1. The monoisotopic (exact) mass is 185 g/mol. The molecule has 1 aliphatic rings. The van der Waals surface area contributed by atoms with Crippen LogP contribution in [0.3, 0.4) is 0 Å². The molecule has 0 spiro atoms. The Hall–Kier alpha value is -0.0800. The first kappa shape index (κ1) is 11.0. The van der Waals surface area contributed by atoms with Crippen molar-refractivity contribution in [1.29, 1.82) is 0 Å². The van der Waals surface area contributed by atoms with Crippen molar-refractivity contribution in [1.82, 2.24) is 5.32 Å². The molecule has 0 bridgehead atoms. The van der Waals surface area contributed by atoms with E-state index in [4.69, 9.17) is 4.74 Å². The van der Waals surface area contributed by atoms with E-state index in [1.54, 1.807) is 0 Å². The normalized spacial score (nSPS) is 28.6. The molecule has 2 nitrogen and oxygen atoms in total. The van der Waals surface area contributed by atoms with E-state index in [0.29, 0.717) is 6.10 Å². The molecule has 0 saturated carbocycles. The maximum Gasteiger partial charge on any atom is 0.0644 e. The summed E-state index contributed by atoms with van der Waals surface area (Å²) in [6.07, 6.45) is 4.26. The van der Waals surface area contributed by atoms with Gasteiger partial charge in [-0.15, -0.1) is 0 Å². The molecular weight excluding hydrogens is 162 g/mol. The summed E-state index contributed by atoms with van der Waals surface area (Å²) in [4.78, 5) is 0. The second-order valence-corrected chi connectivity index (χ2v) is 4.02. The summed E-state index contributed by atoms with van der Waals surface area (Å²) in [6, 6.07) is 0. The Labute approximate surface area is 82.0 Å². The molecule has 1 N–H and O–H groups in total. The highest BCUT2D eigenvalue weighted by molar-refractivity contribution is 4.82. The van der Waals surface area contributed by atoms with E-state index in [-0.39, 0.29) is 0 Å². The van der Waals surface area contributed by atoms with E-state index in [0.717, 1.165) is 25.0 Å². The average molecular weight is 185 g/mol. The molecule has 0 aromatic carbocycles. The predicted octanol–water partition coefficient (Wildman–Crippen LogP) is 2.05. The first-order valence-corrected chi connectivity index (χ1v) is 5.59. The Bertz CT molecular complexity index is 134. The van der Waals surface area contributed by atoms with Crippen molar-refractivity contribution in [2.45, 2.75) is 39.2 Å². The van der Waals surface area contributed by atoms with E-state index in [9.17, 15) is 0 Å². The molecule has 2 atom stereocenters. The van der Waals surface area contributed by atoms with E-state index in [2.05, 4.69) is 19.2 Å². The average Bonchev–Trinajstić information content (AvgIpc) is 2.57. The second kappa shape index (κ2) is 5.61. The van der Waals surface area contributed by atoms with Crippen molar-refractivity contribution in [3.8, 4) is 0 Å². The Kier molecular flexibility index (Phi) is 4.74. The van der Waals surface area contributed by atoms with Crippen molar-refractivity contribution in [2.24, 2.45) is 11.8 Å². The lowest BCUT2D eigenvalue weighted by atomic mass is 9.87. The van der Waals surface area contributed by atoms with Gasteiger partial charge in [-0.25, -0.2) is 0 Å². The Balaban J connectivity index is 2.45. The fourth-order valence-corrected chi connectivity index (χ4v) is 2.41. The summed E-state index contributed by atoms with van der Waals surface area (Å²) in [5.74, 6) is 1.51. The number of nitrogens with one attached hydrogen (secondary N) is 1. The molecule has 2 heteroatoms. The predicted molar refractivity (Wildman–Crippen MR) is 55.8 cm³/mol. The zero-order valence-corrected chi connectivity index (χ0v) is 9.18. The summed E-state index contributed by atoms with van der Waals surface area (Å²) in [5.41, 5.74) is 0. The zero-order chi connectivity index (χ0) is 9.68. The lowest BCUT2D eigenvalue weighted by molar-refractivity contribution is 0.0386. The molecule has 78 valence electrons. The number of rotatable bonds is 5. The maximum atomic E-state index is 5.82. The van der Waals surface area contributed by atoms with Gasteiger partial charge < -0.3 is 10.1 Å². The van der Waals surface area contributed by atoms with E-state index < -0.39 is 0 Å². The summed E-state index contributed by atoms with van der Waals surface area (Å²) in [6.45, 7) is 6.62. The van der Waals surface area contributed by atoms with Crippen LogP contribution in [0.5, 0.6) is 0 Å². The van der Waals surface area contributed by atoms with Crippen LogP contribution >= 0.6 is 0 Å². The van der Waals surface area contributed by atoms with Gasteiger partial charge in [-0.05, 0) is 25.3 Å². The topological polar surface area (TPSA) is 21.3 Å². The van der Waals surface area contributed by atoms with Gasteiger partial charge in [0.1, 0.15) is 0 Å². The van der Waals surface area contributed by atoms with Gasteiger partial charge >= 0.3 is 0 Å².